The van der Waals surface area contributed by atoms with Crippen LogP contribution in [0.25, 0.3) is 10.2 Å². The molecule has 9 nitrogen and oxygen atoms in total. The Kier molecular flexibility index (Phi) is 8.88. The van der Waals surface area contributed by atoms with Crippen molar-refractivity contribution in [1.29, 1.82) is 0 Å². The molecule has 1 unspecified atom stereocenters. The summed E-state index contributed by atoms with van der Waals surface area (Å²) in [7, 11) is -2.09. The number of hydrogen-bond donors (Lipinski definition) is 0. The van der Waals surface area contributed by atoms with E-state index in [2.05, 4.69) is 4.90 Å². The SMILES string of the molecule is COc1ccc2sc(N(CCCN3CCOCC3)C(=O)C3CCCN(S(=O)(=O)c4ccc(Cl)s4)C3)nc2c1. The van der Waals surface area contributed by atoms with Gasteiger partial charge in [0.1, 0.15) is 9.96 Å². The third kappa shape index (κ3) is 6.16. The number of nitrogens with zero attached hydrogens (tertiary/aromatic N) is 4. The minimum atomic E-state index is -3.71. The first-order valence-corrected chi connectivity index (χ1v) is 16.1. The fourth-order valence-electron chi connectivity index (χ4n) is 4.86. The van der Waals surface area contributed by atoms with Crippen LogP contribution >= 0.6 is 34.3 Å². The third-order valence-electron chi connectivity index (χ3n) is 6.92. The fourth-order valence-corrected chi connectivity index (χ4v) is 9.00. The van der Waals surface area contributed by atoms with Crippen LogP contribution in [-0.2, 0) is 19.6 Å². The molecule has 1 aromatic carbocycles. The molecular formula is C25H31ClN4O5S3. The van der Waals surface area contributed by atoms with Crippen molar-refractivity contribution < 1.29 is 22.7 Å². The van der Waals surface area contributed by atoms with Gasteiger partial charge in [0.15, 0.2) is 5.13 Å². The molecule has 3 aromatic rings. The maximum atomic E-state index is 14.0. The van der Waals surface area contributed by atoms with E-state index in [9.17, 15) is 13.2 Å². The molecule has 13 heteroatoms. The van der Waals surface area contributed by atoms with Gasteiger partial charge < -0.3 is 9.47 Å². The average Bonchev–Trinajstić information content (AvgIpc) is 3.57. The second-order valence-corrected chi connectivity index (χ2v) is 14.3. The van der Waals surface area contributed by atoms with Gasteiger partial charge in [0.2, 0.25) is 5.91 Å². The van der Waals surface area contributed by atoms with E-state index in [0.717, 1.165) is 60.8 Å². The van der Waals surface area contributed by atoms with E-state index < -0.39 is 15.9 Å². The number of aromatic nitrogens is 1. The number of benzene rings is 1. The normalized spacial score (nSPS) is 19.6. The Hall–Kier alpha value is -1.80. The molecule has 2 saturated heterocycles. The van der Waals surface area contributed by atoms with E-state index in [1.165, 1.54) is 21.7 Å². The van der Waals surface area contributed by atoms with E-state index in [1.54, 1.807) is 18.1 Å². The van der Waals surface area contributed by atoms with Crippen molar-refractivity contribution in [2.24, 2.45) is 5.92 Å². The first kappa shape index (κ1) is 27.8. The number of anilines is 1. The summed E-state index contributed by atoms with van der Waals surface area (Å²) in [5, 5.41) is 0.630. The smallest absolute Gasteiger partial charge is 0.252 e. The Morgan fingerprint density at radius 3 is 2.76 bits per heavy atom. The second-order valence-electron chi connectivity index (χ2n) is 9.39. The number of thiazole rings is 1. The zero-order valence-electron chi connectivity index (χ0n) is 21.2. The average molecular weight is 599 g/mol. The van der Waals surface area contributed by atoms with Gasteiger partial charge in [-0.1, -0.05) is 22.9 Å². The lowest BCUT2D eigenvalue weighted by Crippen LogP contribution is -2.47. The van der Waals surface area contributed by atoms with Crippen LogP contribution in [0.15, 0.2) is 34.5 Å². The van der Waals surface area contributed by atoms with Crippen LogP contribution in [0.3, 0.4) is 0 Å². The van der Waals surface area contributed by atoms with E-state index in [-0.39, 0.29) is 16.7 Å². The van der Waals surface area contributed by atoms with Gasteiger partial charge in [-0.2, -0.15) is 4.31 Å². The van der Waals surface area contributed by atoms with Gasteiger partial charge >= 0.3 is 0 Å². The molecule has 0 spiro atoms. The number of ether oxygens (including phenoxy) is 2. The van der Waals surface area contributed by atoms with Crippen LogP contribution in [0.1, 0.15) is 19.3 Å². The molecule has 0 bridgehead atoms. The van der Waals surface area contributed by atoms with E-state index in [4.69, 9.17) is 26.1 Å². The molecule has 206 valence electrons. The van der Waals surface area contributed by atoms with E-state index in [1.807, 2.05) is 18.2 Å². The molecule has 2 aliphatic rings. The molecule has 0 saturated carbocycles. The van der Waals surface area contributed by atoms with Gasteiger partial charge in [-0.05, 0) is 43.5 Å². The summed E-state index contributed by atoms with van der Waals surface area (Å²) in [4.78, 5) is 22.9. The maximum Gasteiger partial charge on any atom is 0.252 e. The minimum Gasteiger partial charge on any atom is -0.497 e. The number of methoxy groups -OCH3 is 1. The maximum absolute atomic E-state index is 14.0. The number of amides is 1. The fraction of sp³-hybridized carbons (Fsp3) is 0.520. The Bertz CT molecular complexity index is 1370. The van der Waals surface area contributed by atoms with E-state index >= 15 is 0 Å². The number of thiophene rings is 1. The number of carbonyl (C=O) groups excluding carboxylic acids is 1. The predicted octanol–water partition coefficient (Wildman–Crippen LogP) is 4.18. The van der Waals surface area contributed by atoms with Crippen molar-refractivity contribution in [2.45, 2.75) is 23.5 Å². The van der Waals surface area contributed by atoms with Gasteiger partial charge in [-0.15, -0.1) is 11.3 Å². The van der Waals surface area contributed by atoms with Crippen molar-refractivity contribution in [2.75, 3.05) is 64.5 Å². The van der Waals surface area contributed by atoms with Crippen LogP contribution in [0, 0.1) is 5.92 Å². The van der Waals surface area contributed by atoms with Crippen LogP contribution in [0.2, 0.25) is 4.34 Å². The first-order chi connectivity index (χ1) is 18.3. The predicted molar refractivity (Wildman–Crippen MR) is 151 cm³/mol. The summed E-state index contributed by atoms with van der Waals surface area (Å²) in [6.45, 7) is 5.13. The summed E-state index contributed by atoms with van der Waals surface area (Å²) < 4.78 is 40.3. The molecule has 2 aliphatic heterocycles. The van der Waals surface area contributed by atoms with Crippen LogP contribution in [0.5, 0.6) is 5.75 Å². The van der Waals surface area contributed by atoms with E-state index in [0.29, 0.717) is 41.1 Å². The third-order valence-corrected chi connectivity index (χ3v) is 11.5. The monoisotopic (exact) mass is 598 g/mol. The highest BCUT2D eigenvalue weighted by molar-refractivity contribution is 7.91. The van der Waals surface area contributed by atoms with Gasteiger partial charge in [0.05, 0.1) is 40.8 Å². The Labute approximate surface area is 236 Å². The van der Waals surface area contributed by atoms with Crippen molar-refractivity contribution in [3.05, 3.63) is 34.7 Å². The number of piperidine rings is 1. The van der Waals surface area contributed by atoms with Gasteiger partial charge in [0, 0.05) is 45.3 Å². The first-order valence-electron chi connectivity index (χ1n) is 12.7. The number of hydrogen-bond acceptors (Lipinski definition) is 9. The largest absolute Gasteiger partial charge is 0.497 e. The van der Waals surface area contributed by atoms with Crippen LogP contribution in [-0.4, -0.2) is 88.1 Å². The quantitative estimate of drug-likeness (QED) is 0.365. The number of morpholine rings is 1. The molecule has 4 heterocycles. The van der Waals surface area contributed by atoms with Crippen molar-refractivity contribution in [1.82, 2.24) is 14.2 Å². The number of sulfonamides is 1. The molecule has 1 atom stereocenters. The van der Waals surface area contributed by atoms with Crippen molar-refractivity contribution in [3.63, 3.8) is 0 Å². The summed E-state index contributed by atoms with van der Waals surface area (Å²) in [5.41, 5.74) is 0.776. The zero-order valence-corrected chi connectivity index (χ0v) is 24.4. The van der Waals surface area contributed by atoms with Crippen LogP contribution in [0.4, 0.5) is 5.13 Å². The summed E-state index contributed by atoms with van der Waals surface area (Å²) in [6.07, 6.45) is 2.04. The highest BCUT2D eigenvalue weighted by Gasteiger charge is 2.36. The molecule has 38 heavy (non-hydrogen) atoms. The molecule has 5 rings (SSSR count). The molecule has 2 aromatic heterocycles. The number of carbonyl (C=O) groups is 1. The molecule has 1 amide bonds. The van der Waals surface area contributed by atoms with Gasteiger partial charge in [-0.3, -0.25) is 14.6 Å². The Balaban J connectivity index is 1.36. The number of rotatable bonds is 9. The number of halogens is 1. The lowest BCUT2D eigenvalue weighted by atomic mass is 9.98. The molecule has 0 aliphatic carbocycles. The highest BCUT2D eigenvalue weighted by atomic mass is 35.5. The lowest BCUT2D eigenvalue weighted by molar-refractivity contribution is -0.123. The minimum absolute atomic E-state index is 0.0814. The van der Waals surface area contributed by atoms with Crippen LogP contribution < -0.4 is 9.64 Å². The van der Waals surface area contributed by atoms with Crippen molar-refractivity contribution in [3.8, 4) is 5.75 Å². The molecule has 0 N–H and O–H groups in total. The van der Waals surface area contributed by atoms with Gasteiger partial charge in [-0.25, -0.2) is 13.4 Å². The topological polar surface area (TPSA) is 92.3 Å². The lowest BCUT2D eigenvalue weighted by Gasteiger charge is -2.34. The molecule has 2 fully saturated rings. The zero-order chi connectivity index (χ0) is 26.7. The van der Waals surface area contributed by atoms with Crippen molar-refractivity contribution >= 4 is 65.6 Å². The van der Waals surface area contributed by atoms with Gasteiger partial charge in [0.25, 0.3) is 10.0 Å². The second kappa shape index (κ2) is 12.2. The summed E-state index contributed by atoms with van der Waals surface area (Å²) in [5.74, 6) is 0.183. The summed E-state index contributed by atoms with van der Waals surface area (Å²) in [6, 6.07) is 8.82. The number of fused-ring (bicyclic) bond motifs is 1. The summed E-state index contributed by atoms with van der Waals surface area (Å²) >= 11 is 8.51. The molecular weight excluding hydrogens is 568 g/mol. The molecule has 0 radical (unpaired) electrons. The Morgan fingerprint density at radius 1 is 1.21 bits per heavy atom. The Morgan fingerprint density at radius 2 is 2.03 bits per heavy atom. The highest BCUT2D eigenvalue weighted by Crippen LogP contribution is 2.34. The standard InChI is InChI=1S/C25H31ClN4O5S3/c1-34-19-5-6-21-20(16-19)27-25(36-21)30(11-3-9-28-12-14-35-15-13-28)24(31)18-4-2-10-29(17-18)38(32,33)23-8-7-22(26)37-23/h5-8,16,18H,2-4,9-15,17H2,1H3.